The van der Waals surface area contributed by atoms with Crippen LogP contribution in [0.3, 0.4) is 0 Å². The summed E-state index contributed by atoms with van der Waals surface area (Å²) in [5.41, 5.74) is 2.31. The molecule has 1 aliphatic heterocycles. The molecule has 12 heteroatoms. The number of likely N-dealkylation sites (tertiary alicyclic amines) is 1. The Hall–Kier alpha value is -3.93. The predicted octanol–water partition coefficient (Wildman–Crippen LogP) is 3.93. The number of ether oxygens (including phenoxy) is 2. The Morgan fingerprint density at radius 3 is 2.77 bits per heavy atom. The van der Waals surface area contributed by atoms with Crippen molar-refractivity contribution in [2.75, 3.05) is 25.5 Å². The quantitative estimate of drug-likeness (QED) is 0.384. The van der Waals surface area contributed by atoms with Crippen molar-refractivity contribution in [2.24, 2.45) is 5.92 Å². The van der Waals surface area contributed by atoms with Crippen molar-refractivity contribution in [3.05, 3.63) is 41.3 Å². The van der Waals surface area contributed by atoms with Crippen molar-refractivity contribution < 1.29 is 19.1 Å². The van der Waals surface area contributed by atoms with E-state index in [1.54, 1.807) is 35.5 Å². The van der Waals surface area contributed by atoms with Gasteiger partial charge < -0.3 is 25.0 Å². The Morgan fingerprint density at radius 1 is 1.18 bits per heavy atom. The third-order valence-electron chi connectivity index (χ3n) is 7.10. The van der Waals surface area contributed by atoms with Crippen molar-refractivity contribution in [3.63, 3.8) is 0 Å². The number of nitrogens with zero attached hydrogens (tertiary/aromatic N) is 5. The van der Waals surface area contributed by atoms with Gasteiger partial charge in [0.1, 0.15) is 28.1 Å². The van der Waals surface area contributed by atoms with Crippen LogP contribution < -0.4 is 15.4 Å². The number of pyridine rings is 1. The lowest BCUT2D eigenvalue weighted by atomic mass is 9.86. The Kier molecular flexibility index (Phi) is 6.29. The summed E-state index contributed by atoms with van der Waals surface area (Å²) in [7, 11) is 1.64. The Bertz CT molecular complexity index is 1570. The number of carbonyl (C=O) groups is 2. The average molecular weight is 550 g/mol. The smallest absolute Gasteiger partial charge is 0.407 e. The molecule has 2 aliphatic rings. The minimum Gasteiger partial charge on any atom is -0.492 e. The number of hydrogen-bond donors (Lipinski definition) is 2. The van der Waals surface area contributed by atoms with E-state index in [9.17, 15) is 9.59 Å². The van der Waals surface area contributed by atoms with Gasteiger partial charge in [0.2, 0.25) is 5.91 Å². The minimum atomic E-state index is -0.549. The van der Waals surface area contributed by atoms with Gasteiger partial charge >= 0.3 is 6.09 Å². The largest absolute Gasteiger partial charge is 0.492 e. The van der Waals surface area contributed by atoms with Gasteiger partial charge in [0.25, 0.3) is 0 Å². The zero-order valence-electron chi connectivity index (χ0n) is 22.4. The number of amides is 2. The molecule has 1 atom stereocenters. The highest BCUT2D eigenvalue weighted by atomic mass is 32.1. The molecule has 0 aromatic carbocycles. The maximum Gasteiger partial charge on any atom is 0.407 e. The second kappa shape index (κ2) is 9.67. The van der Waals surface area contributed by atoms with Crippen LogP contribution >= 0.6 is 11.3 Å². The number of anilines is 2. The second-order valence-corrected chi connectivity index (χ2v) is 12.1. The molecule has 0 radical (unpaired) electrons. The average Bonchev–Trinajstić information content (AvgIpc) is 3.49. The summed E-state index contributed by atoms with van der Waals surface area (Å²) in [6.07, 6.45) is 6.95. The van der Waals surface area contributed by atoms with Crippen molar-refractivity contribution in [2.45, 2.75) is 51.7 Å². The molecule has 0 bridgehead atoms. The SMILES string of the molecule is COc1c(Nc2ncnc3sc4c(c23)CC[C@H](C(=O)N2CC(NC(=O)OC(C)(C)C)C2)C4)ccn2nccc12. The van der Waals surface area contributed by atoms with Gasteiger partial charge in [-0.25, -0.2) is 19.3 Å². The number of alkyl carbamates (subject to hydrolysis) is 1. The topological polar surface area (TPSA) is 123 Å². The maximum absolute atomic E-state index is 13.3. The third kappa shape index (κ3) is 4.84. The summed E-state index contributed by atoms with van der Waals surface area (Å²) < 4.78 is 12.8. The van der Waals surface area contributed by atoms with Crippen LogP contribution in [-0.2, 0) is 22.4 Å². The number of carbonyl (C=O) groups excluding carboxylic acids is 2. The van der Waals surface area contributed by atoms with Crippen LogP contribution in [0.15, 0.2) is 30.9 Å². The number of hydrogen-bond acceptors (Lipinski definition) is 9. The van der Waals surface area contributed by atoms with Gasteiger partial charge in [-0.2, -0.15) is 5.10 Å². The minimum absolute atomic E-state index is 0.0741. The van der Waals surface area contributed by atoms with Gasteiger partial charge in [-0.1, -0.05) is 0 Å². The van der Waals surface area contributed by atoms with Crippen molar-refractivity contribution >= 4 is 50.6 Å². The molecule has 0 unspecified atom stereocenters. The number of nitrogens with one attached hydrogen (secondary N) is 2. The number of aryl methyl sites for hydroxylation is 1. The number of thiophene rings is 1. The van der Waals surface area contributed by atoms with E-state index in [-0.39, 0.29) is 17.9 Å². The summed E-state index contributed by atoms with van der Waals surface area (Å²) in [4.78, 5) is 38.3. The molecule has 2 amide bonds. The number of aromatic nitrogens is 4. The highest BCUT2D eigenvalue weighted by molar-refractivity contribution is 7.19. The van der Waals surface area contributed by atoms with Gasteiger partial charge in [0, 0.05) is 30.1 Å². The van der Waals surface area contributed by atoms with Crippen LogP contribution in [0.1, 0.15) is 37.6 Å². The van der Waals surface area contributed by atoms with E-state index in [4.69, 9.17) is 9.47 Å². The molecule has 204 valence electrons. The molecule has 5 heterocycles. The fourth-order valence-electron chi connectivity index (χ4n) is 5.31. The highest BCUT2D eigenvalue weighted by Gasteiger charge is 2.38. The van der Waals surface area contributed by atoms with Crippen molar-refractivity contribution in [1.29, 1.82) is 0 Å². The first-order valence-corrected chi connectivity index (χ1v) is 13.8. The lowest BCUT2D eigenvalue weighted by Gasteiger charge is -2.41. The molecule has 39 heavy (non-hydrogen) atoms. The van der Waals surface area contributed by atoms with Crippen LogP contribution in [0, 0.1) is 5.92 Å². The Balaban J connectivity index is 1.16. The highest BCUT2D eigenvalue weighted by Crippen LogP contribution is 2.42. The van der Waals surface area contributed by atoms with Crippen LogP contribution in [-0.4, -0.2) is 68.3 Å². The summed E-state index contributed by atoms with van der Waals surface area (Å²) in [5, 5.41) is 11.6. The van der Waals surface area contributed by atoms with E-state index in [1.807, 2.05) is 44.0 Å². The van der Waals surface area contributed by atoms with E-state index in [0.29, 0.717) is 25.3 Å². The Labute approximate surface area is 229 Å². The van der Waals surface area contributed by atoms with Crippen molar-refractivity contribution in [3.8, 4) is 5.75 Å². The van der Waals surface area contributed by atoms with Gasteiger partial charge in [-0.05, 0) is 57.7 Å². The fraction of sp³-hybridized carbons (Fsp3) is 0.444. The summed E-state index contributed by atoms with van der Waals surface area (Å²) >= 11 is 1.63. The molecule has 1 fully saturated rings. The third-order valence-corrected chi connectivity index (χ3v) is 8.26. The zero-order valence-corrected chi connectivity index (χ0v) is 23.2. The van der Waals surface area contributed by atoms with Gasteiger partial charge in [0.15, 0.2) is 5.75 Å². The van der Waals surface area contributed by atoms with E-state index >= 15 is 0 Å². The van der Waals surface area contributed by atoms with E-state index in [0.717, 1.165) is 40.1 Å². The molecular formula is C27H31N7O4S. The van der Waals surface area contributed by atoms with Crippen LogP contribution in [0.25, 0.3) is 15.7 Å². The van der Waals surface area contributed by atoms with Gasteiger partial charge in [0.05, 0.1) is 30.4 Å². The predicted molar refractivity (Wildman–Crippen MR) is 148 cm³/mol. The lowest BCUT2D eigenvalue weighted by molar-refractivity contribution is -0.140. The molecule has 6 rings (SSSR count). The fourth-order valence-corrected chi connectivity index (χ4v) is 6.58. The second-order valence-electron chi connectivity index (χ2n) is 11.0. The molecule has 2 N–H and O–H groups in total. The standard InChI is InChI=1S/C27H31N7O4S/c1-27(2,3)38-26(36)31-16-12-33(13-16)25(35)15-5-6-17-20(11-15)39-24-21(17)23(28-14-29-24)32-18-8-10-34-19(7-9-30-34)22(18)37-4/h7-10,14-16H,5-6,11-13H2,1-4H3,(H,31,36)(H,28,29,32)/t15-/m0/s1. The van der Waals surface area contributed by atoms with Crippen LogP contribution in [0.2, 0.25) is 0 Å². The van der Waals surface area contributed by atoms with E-state index < -0.39 is 11.7 Å². The van der Waals surface area contributed by atoms with E-state index in [2.05, 4.69) is 25.7 Å². The van der Waals surface area contributed by atoms with Crippen molar-refractivity contribution in [1.82, 2.24) is 29.8 Å². The van der Waals surface area contributed by atoms with Crippen LogP contribution in [0.4, 0.5) is 16.3 Å². The van der Waals surface area contributed by atoms with Gasteiger partial charge in [-0.15, -0.1) is 11.3 Å². The number of fused-ring (bicyclic) bond motifs is 4. The normalized spacial score (nSPS) is 17.5. The molecular weight excluding hydrogens is 518 g/mol. The zero-order chi connectivity index (χ0) is 27.3. The van der Waals surface area contributed by atoms with E-state index in [1.165, 1.54) is 10.4 Å². The first-order chi connectivity index (χ1) is 18.7. The maximum atomic E-state index is 13.3. The molecule has 1 saturated heterocycles. The molecule has 0 saturated carbocycles. The monoisotopic (exact) mass is 549 g/mol. The van der Waals surface area contributed by atoms with Crippen LogP contribution in [0.5, 0.6) is 5.75 Å². The Morgan fingerprint density at radius 2 is 2.00 bits per heavy atom. The molecule has 4 aromatic rings. The number of methoxy groups -OCH3 is 1. The lowest BCUT2D eigenvalue weighted by Crippen LogP contribution is -2.62. The molecule has 11 nitrogen and oxygen atoms in total. The summed E-state index contributed by atoms with van der Waals surface area (Å²) in [6, 6.07) is 3.74. The summed E-state index contributed by atoms with van der Waals surface area (Å²) in [6.45, 7) is 6.51. The number of rotatable bonds is 5. The van der Waals surface area contributed by atoms with Gasteiger partial charge in [-0.3, -0.25) is 4.79 Å². The summed E-state index contributed by atoms with van der Waals surface area (Å²) in [5.74, 6) is 1.47. The molecule has 0 spiro atoms. The first-order valence-electron chi connectivity index (χ1n) is 13.0. The molecule has 4 aromatic heterocycles. The first kappa shape index (κ1) is 25.4. The molecule has 1 aliphatic carbocycles.